The van der Waals surface area contributed by atoms with Crippen molar-refractivity contribution in [3.63, 3.8) is 0 Å². The molecule has 2 amide bonds. The first-order valence-electron chi connectivity index (χ1n) is 9.08. The van der Waals surface area contributed by atoms with Gasteiger partial charge in [0.1, 0.15) is 11.8 Å². The van der Waals surface area contributed by atoms with Crippen molar-refractivity contribution in [1.29, 1.82) is 0 Å². The quantitative estimate of drug-likeness (QED) is 0.357. The Morgan fingerprint density at radius 1 is 1.21 bits per heavy atom. The summed E-state index contributed by atoms with van der Waals surface area (Å²) in [5.41, 5.74) is 0.706. The molecule has 3 unspecified atom stereocenters. The Kier molecular flexibility index (Phi) is 9.39. The van der Waals surface area contributed by atoms with Gasteiger partial charge in [-0.2, -0.15) is 11.8 Å². The number of nitrogens with zero attached hydrogens (tertiary/aromatic N) is 1. The number of anilines is 1. The molecule has 3 atom stereocenters. The van der Waals surface area contributed by atoms with E-state index in [-0.39, 0.29) is 18.1 Å². The van der Waals surface area contributed by atoms with Crippen LogP contribution >= 0.6 is 23.1 Å². The fourth-order valence-electron chi connectivity index (χ4n) is 2.58. The van der Waals surface area contributed by atoms with E-state index in [0.29, 0.717) is 22.9 Å². The molecule has 0 aliphatic heterocycles. The molecule has 1 heterocycles. The summed E-state index contributed by atoms with van der Waals surface area (Å²) >= 11 is 2.87. The molecular weight excluding hydrogens is 412 g/mol. The van der Waals surface area contributed by atoms with Gasteiger partial charge in [-0.15, -0.1) is 11.3 Å². The molecule has 2 rings (SSSR count). The minimum atomic E-state index is -1.25. The van der Waals surface area contributed by atoms with E-state index in [1.807, 2.05) is 12.3 Å². The third-order valence-corrected chi connectivity index (χ3v) is 5.72. The maximum Gasteiger partial charge on any atom is 0.270 e. The van der Waals surface area contributed by atoms with Crippen LogP contribution in [0.5, 0.6) is 0 Å². The SMILES string of the molecule is CNc1nc(C(=O)NCC(O)C(O)C(CCSC)NC(=O)c2ccccc2)cs1. The topological polar surface area (TPSA) is 124 Å². The van der Waals surface area contributed by atoms with Crippen LogP contribution in [0.4, 0.5) is 5.13 Å². The smallest absolute Gasteiger partial charge is 0.270 e. The standard InChI is InChI=1S/C19H26N4O4S2/c1-20-19-23-14(11-29-19)18(27)21-10-15(24)16(25)13(8-9-28-2)22-17(26)12-6-4-3-5-7-12/h3-7,11,13,15-16,24-25H,8-10H2,1-2H3,(H,20,23)(H,21,27)(H,22,26). The normalized spacial score (nSPS) is 13.9. The van der Waals surface area contributed by atoms with Crippen molar-refractivity contribution >= 4 is 40.0 Å². The summed E-state index contributed by atoms with van der Waals surface area (Å²) in [4.78, 5) is 28.7. The zero-order valence-electron chi connectivity index (χ0n) is 16.3. The Morgan fingerprint density at radius 3 is 2.55 bits per heavy atom. The van der Waals surface area contributed by atoms with Crippen molar-refractivity contribution in [2.24, 2.45) is 0 Å². The van der Waals surface area contributed by atoms with Gasteiger partial charge in [-0.1, -0.05) is 18.2 Å². The van der Waals surface area contributed by atoms with Crippen molar-refractivity contribution in [2.45, 2.75) is 24.7 Å². The molecular formula is C19H26N4O4S2. The molecule has 29 heavy (non-hydrogen) atoms. The number of aromatic nitrogens is 1. The molecule has 0 aliphatic rings. The molecule has 2 aromatic rings. The molecule has 0 aliphatic carbocycles. The highest BCUT2D eigenvalue weighted by molar-refractivity contribution is 7.98. The maximum absolute atomic E-state index is 12.4. The number of rotatable bonds is 11. The summed E-state index contributed by atoms with van der Waals surface area (Å²) in [6.45, 7) is -0.163. The number of benzene rings is 1. The number of aliphatic hydroxyl groups is 2. The molecule has 1 aromatic heterocycles. The molecule has 0 bridgehead atoms. The number of amides is 2. The highest BCUT2D eigenvalue weighted by Gasteiger charge is 2.28. The average molecular weight is 439 g/mol. The second kappa shape index (κ2) is 11.8. The third-order valence-electron chi connectivity index (χ3n) is 4.21. The number of thiazole rings is 1. The van der Waals surface area contributed by atoms with Gasteiger partial charge in [-0.25, -0.2) is 4.98 Å². The van der Waals surface area contributed by atoms with Crippen LogP contribution < -0.4 is 16.0 Å². The first-order valence-corrected chi connectivity index (χ1v) is 11.4. The Morgan fingerprint density at radius 2 is 1.93 bits per heavy atom. The lowest BCUT2D eigenvalue weighted by Crippen LogP contribution is -2.51. The molecule has 5 N–H and O–H groups in total. The average Bonchev–Trinajstić information content (AvgIpc) is 3.24. The van der Waals surface area contributed by atoms with E-state index in [1.54, 1.807) is 48.5 Å². The van der Waals surface area contributed by atoms with Crippen LogP contribution in [0.1, 0.15) is 27.3 Å². The van der Waals surface area contributed by atoms with Gasteiger partial charge in [0, 0.05) is 24.5 Å². The number of nitrogens with one attached hydrogen (secondary N) is 3. The largest absolute Gasteiger partial charge is 0.388 e. The van der Waals surface area contributed by atoms with Gasteiger partial charge in [0.05, 0.1) is 12.1 Å². The molecule has 0 saturated heterocycles. The Hall–Kier alpha value is -2.14. The number of thioether (sulfide) groups is 1. The van der Waals surface area contributed by atoms with Crippen LogP contribution in [0, 0.1) is 0 Å². The van der Waals surface area contributed by atoms with Gasteiger partial charge >= 0.3 is 0 Å². The summed E-state index contributed by atoms with van der Waals surface area (Å²) in [6, 6.07) is 8.02. The van der Waals surface area contributed by atoms with Crippen LogP contribution in [0.15, 0.2) is 35.7 Å². The minimum absolute atomic E-state index is 0.163. The summed E-state index contributed by atoms with van der Waals surface area (Å²) in [5.74, 6) is -0.0707. The van der Waals surface area contributed by atoms with Crippen LogP contribution in [0.2, 0.25) is 0 Å². The highest BCUT2D eigenvalue weighted by atomic mass is 32.2. The van der Waals surface area contributed by atoms with E-state index in [9.17, 15) is 19.8 Å². The first-order chi connectivity index (χ1) is 14.0. The number of hydrogen-bond acceptors (Lipinski definition) is 8. The maximum atomic E-state index is 12.4. The molecule has 158 valence electrons. The lowest BCUT2D eigenvalue weighted by atomic mass is 10.0. The van der Waals surface area contributed by atoms with Crippen molar-refractivity contribution in [3.8, 4) is 0 Å². The fraction of sp³-hybridized carbons (Fsp3) is 0.421. The third kappa shape index (κ3) is 7.00. The molecule has 0 fully saturated rings. The molecule has 0 spiro atoms. The van der Waals surface area contributed by atoms with E-state index >= 15 is 0 Å². The lowest BCUT2D eigenvalue weighted by molar-refractivity contribution is -0.00244. The predicted molar refractivity (Wildman–Crippen MR) is 117 cm³/mol. The number of hydrogen-bond donors (Lipinski definition) is 5. The number of carbonyl (C=O) groups excluding carboxylic acids is 2. The van der Waals surface area contributed by atoms with Crippen LogP contribution in [-0.2, 0) is 0 Å². The van der Waals surface area contributed by atoms with E-state index in [0.717, 1.165) is 0 Å². The van der Waals surface area contributed by atoms with E-state index < -0.39 is 24.2 Å². The molecule has 10 heteroatoms. The van der Waals surface area contributed by atoms with E-state index in [2.05, 4.69) is 20.9 Å². The summed E-state index contributed by atoms with van der Waals surface area (Å²) in [6.07, 6.45) is -0.0849. The van der Waals surface area contributed by atoms with E-state index in [4.69, 9.17) is 0 Å². The lowest BCUT2D eigenvalue weighted by Gasteiger charge is -2.28. The molecule has 0 saturated carbocycles. The van der Waals surface area contributed by atoms with Gasteiger partial charge in [0.25, 0.3) is 11.8 Å². The van der Waals surface area contributed by atoms with Gasteiger partial charge in [-0.3, -0.25) is 9.59 Å². The van der Waals surface area contributed by atoms with Gasteiger partial charge in [0.15, 0.2) is 5.13 Å². The Labute approximate surface area is 178 Å². The fourth-order valence-corrected chi connectivity index (χ4v) is 3.73. The number of aliphatic hydroxyl groups excluding tert-OH is 2. The molecule has 8 nitrogen and oxygen atoms in total. The summed E-state index contributed by atoms with van der Waals surface area (Å²) < 4.78 is 0. The Balaban J connectivity index is 1.94. The predicted octanol–water partition coefficient (Wildman–Crippen LogP) is 1.19. The second-order valence-electron chi connectivity index (χ2n) is 6.28. The molecule has 1 aromatic carbocycles. The van der Waals surface area contributed by atoms with Gasteiger partial charge < -0.3 is 26.2 Å². The van der Waals surface area contributed by atoms with Crippen LogP contribution in [0.25, 0.3) is 0 Å². The molecule has 0 radical (unpaired) electrons. The first kappa shape index (κ1) is 23.1. The summed E-state index contributed by atoms with van der Waals surface area (Å²) in [5, 5.41) is 31.3. The van der Waals surface area contributed by atoms with Gasteiger partial charge in [0.2, 0.25) is 0 Å². The van der Waals surface area contributed by atoms with Crippen molar-refractivity contribution in [2.75, 3.05) is 30.9 Å². The van der Waals surface area contributed by atoms with Crippen LogP contribution in [-0.4, -0.2) is 70.9 Å². The Bertz CT molecular complexity index is 788. The van der Waals surface area contributed by atoms with E-state index in [1.165, 1.54) is 11.3 Å². The zero-order valence-corrected chi connectivity index (χ0v) is 17.9. The van der Waals surface area contributed by atoms with Crippen molar-refractivity contribution < 1.29 is 19.8 Å². The zero-order chi connectivity index (χ0) is 21.2. The summed E-state index contributed by atoms with van der Waals surface area (Å²) in [7, 11) is 1.71. The highest BCUT2D eigenvalue weighted by Crippen LogP contribution is 2.14. The van der Waals surface area contributed by atoms with Crippen molar-refractivity contribution in [3.05, 3.63) is 47.0 Å². The van der Waals surface area contributed by atoms with Crippen molar-refractivity contribution in [1.82, 2.24) is 15.6 Å². The van der Waals surface area contributed by atoms with Gasteiger partial charge in [-0.05, 0) is 30.6 Å². The second-order valence-corrected chi connectivity index (χ2v) is 8.13. The van der Waals surface area contributed by atoms with Crippen LogP contribution in [0.3, 0.4) is 0 Å². The minimum Gasteiger partial charge on any atom is -0.388 e. The monoisotopic (exact) mass is 438 g/mol. The number of carbonyl (C=O) groups is 2.